The highest BCUT2D eigenvalue weighted by Crippen LogP contribution is 2.18. The molecule has 7 heteroatoms. The Bertz CT molecular complexity index is 937. The van der Waals surface area contributed by atoms with Gasteiger partial charge in [0.25, 0.3) is 0 Å². The first-order valence-electron chi connectivity index (χ1n) is 10.1. The van der Waals surface area contributed by atoms with Crippen LogP contribution >= 0.6 is 0 Å². The molecule has 0 bridgehead atoms. The Labute approximate surface area is 165 Å². The van der Waals surface area contributed by atoms with Crippen molar-refractivity contribution in [1.82, 2.24) is 29.4 Å². The second kappa shape index (κ2) is 8.14. The minimum Gasteiger partial charge on any atom is -0.340 e. The fourth-order valence-electron chi connectivity index (χ4n) is 3.99. The van der Waals surface area contributed by atoms with E-state index < -0.39 is 0 Å². The number of piperazine rings is 1. The second-order valence-electron chi connectivity index (χ2n) is 7.40. The van der Waals surface area contributed by atoms with Crippen molar-refractivity contribution >= 4 is 16.9 Å². The van der Waals surface area contributed by atoms with E-state index in [1.54, 1.807) is 0 Å². The van der Waals surface area contributed by atoms with Crippen LogP contribution in [0.4, 0.5) is 0 Å². The van der Waals surface area contributed by atoms with E-state index in [1.165, 1.54) is 5.56 Å². The molecule has 148 valence electrons. The number of hydrogen-bond acceptors (Lipinski definition) is 4. The van der Waals surface area contributed by atoms with Crippen molar-refractivity contribution in [2.24, 2.45) is 0 Å². The Morgan fingerprint density at radius 1 is 1.07 bits per heavy atom. The molecule has 0 spiro atoms. The molecule has 1 amide bonds. The summed E-state index contributed by atoms with van der Waals surface area (Å²) in [4.78, 5) is 17.1. The van der Waals surface area contributed by atoms with Gasteiger partial charge >= 0.3 is 0 Å². The molecule has 1 fully saturated rings. The first kappa shape index (κ1) is 18.7. The molecule has 0 aliphatic carbocycles. The zero-order valence-corrected chi connectivity index (χ0v) is 16.7. The van der Waals surface area contributed by atoms with E-state index in [0.717, 1.165) is 56.0 Å². The van der Waals surface area contributed by atoms with Gasteiger partial charge in [0.2, 0.25) is 5.91 Å². The Balaban J connectivity index is 1.30. The molecule has 4 rings (SSSR count). The summed E-state index contributed by atoms with van der Waals surface area (Å²) < 4.78 is 3.88. The number of carbonyl (C=O) groups is 1. The summed E-state index contributed by atoms with van der Waals surface area (Å²) in [7, 11) is 0. The Morgan fingerprint density at radius 2 is 1.82 bits per heavy atom. The van der Waals surface area contributed by atoms with Crippen molar-refractivity contribution in [2.45, 2.75) is 39.9 Å². The molecular formula is C21H28N6O. The SMILES string of the molecule is CCn1nc(C)c2c1cnn2CCC(=O)N1CCN(Cc2ccccc2)CC1. The summed E-state index contributed by atoms with van der Waals surface area (Å²) in [5.74, 6) is 0.212. The zero-order valence-electron chi connectivity index (χ0n) is 16.7. The van der Waals surface area contributed by atoms with E-state index in [4.69, 9.17) is 0 Å². The Hall–Kier alpha value is -2.67. The van der Waals surface area contributed by atoms with Gasteiger partial charge in [0.1, 0.15) is 11.0 Å². The number of benzene rings is 1. The molecule has 0 atom stereocenters. The van der Waals surface area contributed by atoms with Gasteiger partial charge in [-0.1, -0.05) is 30.3 Å². The first-order chi connectivity index (χ1) is 13.7. The molecule has 1 aliphatic heterocycles. The quantitative estimate of drug-likeness (QED) is 0.658. The third kappa shape index (κ3) is 3.80. The molecule has 1 aliphatic rings. The summed E-state index contributed by atoms with van der Waals surface area (Å²) in [5.41, 5.74) is 4.38. The molecule has 7 nitrogen and oxygen atoms in total. The minimum atomic E-state index is 0.212. The summed E-state index contributed by atoms with van der Waals surface area (Å²) in [5, 5.41) is 9.02. The third-order valence-corrected chi connectivity index (χ3v) is 5.52. The van der Waals surface area contributed by atoms with Crippen LogP contribution in [0.15, 0.2) is 36.5 Å². The summed E-state index contributed by atoms with van der Waals surface area (Å²) in [6, 6.07) is 10.5. The van der Waals surface area contributed by atoms with E-state index in [9.17, 15) is 4.79 Å². The van der Waals surface area contributed by atoms with Crippen molar-refractivity contribution in [3.05, 3.63) is 47.8 Å². The molecular weight excluding hydrogens is 352 g/mol. The molecule has 0 N–H and O–H groups in total. The molecule has 1 saturated heterocycles. The van der Waals surface area contributed by atoms with Gasteiger partial charge in [0, 0.05) is 45.7 Å². The van der Waals surface area contributed by atoms with E-state index in [-0.39, 0.29) is 5.91 Å². The van der Waals surface area contributed by atoms with Crippen LogP contribution in [0.1, 0.15) is 24.6 Å². The lowest BCUT2D eigenvalue weighted by Gasteiger charge is -2.34. The monoisotopic (exact) mass is 380 g/mol. The third-order valence-electron chi connectivity index (χ3n) is 5.52. The van der Waals surface area contributed by atoms with Gasteiger partial charge in [-0.2, -0.15) is 10.2 Å². The van der Waals surface area contributed by atoms with Crippen molar-refractivity contribution in [3.63, 3.8) is 0 Å². The van der Waals surface area contributed by atoms with Gasteiger partial charge in [-0.25, -0.2) is 0 Å². The molecule has 3 heterocycles. The largest absolute Gasteiger partial charge is 0.340 e. The molecule has 2 aromatic heterocycles. The fourth-order valence-corrected chi connectivity index (χ4v) is 3.99. The molecule has 0 unspecified atom stereocenters. The average molecular weight is 380 g/mol. The second-order valence-corrected chi connectivity index (χ2v) is 7.40. The number of hydrogen-bond donors (Lipinski definition) is 0. The summed E-state index contributed by atoms with van der Waals surface area (Å²) >= 11 is 0. The first-order valence-corrected chi connectivity index (χ1v) is 10.1. The van der Waals surface area contributed by atoms with Crippen LogP contribution in [0, 0.1) is 6.92 Å². The lowest BCUT2D eigenvalue weighted by atomic mass is 10.2. The normalized spacial score (nSPS) is 15.4. The highest BCUT2D eigenvalue weighted by molar-refractivity contribution is 5.79. The Morgan fingerprint density at radius 3 is 2.54 bits per heavy atom. The van der Waals surface area contributed by atoms with Crippen LogP contribution in [0.5, 0.6) is 0 Å². The van der Waals surface area contributed by atoms with Crippen molar-refractivity contribution in [1.29, 1.82) is 0 Å². The molecule has 0 saturated carbocycles. The molecule has 1 aromatic carbocycles. The van der Waals surface area contributed by atoms with Gasteiger partial charge in [-0.15, -0.1) is 0 Å². The predicted molar refractivity (Wildman–Crippen MR) is 109 cm³/mol. The maximum absolute atomic E-state index is 12.7. The number of aromatic nitrogens is 4. The van der Waals surface area contributed by atoms with Gasteiger partial charge < -0.3 is 4.90 Å². The highest BCUT2D eigenvalue weighted by atomic mass is 16.2. The van der Waals surface area contributed by atoms with E-state index in [1.807, 2.05) is 33.5 Å². The number of carbonyl (C=O) groups excluding carboxylic acids is 1. The van der Waals surface area contributed by atoms with Crippen molar-refractivity contribution in [2.75, 3.05) is 26.2 Å². The van der Waals surface area contributed by atoms with Crippen LogP contribution in [-0.4, -0.2) is 61.4 Å². The van der Waals surface area contributed by atoms with Gasteiger partial charge in [0.15, 0.2) is 0 Å². The van der Waals surface area contributed by atoms with Gasteiger partial charge in [0.05, 0.1) is 18.4 Å². The molecule has 0 radical (unpaired) electrons. The standard InChI is InChI=1S/C21H28N6O/c1-3-26-19-15-22-27(21(19)17(2)23-26)10-9-20(28)25-13-11-24(12-14-25)16-18-7-5-4-6-8-18/h4-8,15H,3,9-14,16H2,1-2H3. The van der Waals surface area contributed by atoms with Crippen LogP contribution in [0.25, 0.3) is 11.0 Å². The maximum atomic E-state index is 12.7. The summed E-state index contributed by atoms with van der Waals surface area (Å²) in [6.07, 6.45) is 2.33. The lowest BCUT2D eigenvalue weighted by Crippen LogP contribution is -2.48. The minimum absolute atomic E-state index is 0.212. The predicted octanol–water partition coefficient (Wildman–Crippen LogP) is 2.30. The van der Waals surface area contributed by atoms with Crippen LogP contribution < -0.4 is 0 Å². The van der Waals surface area contributed by atoms with E-state index in [2.05, 4.69) is 46.3 Å². The Kier molecular flexibility index (Phi) is 5.43. The number of amides is 1. The number of aryl methyl sites for hydroxylation is 3. The van der Waals surface area contributed by atoms with E-state index >= 15 is 0 Å². The number of nitrogens with zero attached hydrogens (tertiary/aromatic N) is 6. The van der Waals surface area contributed by atoms with Crippen LogP contribution in [0.3, 0.4) is 0 Å². The van der Waals surface area contributed by atoms with Crippen molar-refractivity contribution in [3.8, 4) is 0 Å². The van der Waals surface area contributed by atoms with E-state index in [0.29, 0.717) is 13.0 Å². The van der Waals surface area contributed by atoms with Gasteiger partial charge in [-0.3, -0.25) is 19.1 Å². The van der Waals surface area contributed by atoms with Crippen LogP contribution in [0.2, 0.25) is 0 Å². The topological polar surface area (TPSA) is 59.2 Å². The molecule has 28 heavy (non-hydrogen) atoms. The number of fused-ring (bicyclic) bond motifs is 1. The number of rotatable bonds is 6. The van der Waals surface area contributed by atoms with Gasteiger partial charge in [-0.05, 0) is 19.4 Å². The highest BCUT2D eigenvalue weighted by Gasteiger charge is 2.21. The van der Waals surface area contributed by atoms with Crippen molar-refractivity contribution < 1.29 is 4.79 Å². The smallest absolute Gasteiger partial charge is 0.224 e. The average Bonchev–Trinajstić information content (AvgIpc) is 3.28. The van der Waals surface area contributed by atoms with Crippen LogP contribution in [-0.2, 0) is 24.4 Å². The summed E-state index contributed by atoms with van der Waals surface area (Å²) in [6.45, 7) is 9.90. The maximum Gasteiger partial charge on any atom is 0.224 e. The lowest BCUT2D eigenvalue weighted by molar-refractivity contribution is -0.133. The zero-order chi connectivity index (χ0) is 19.5. The fraction of sp³-hybridized carbons (Fsp3) is 0.476. The molecule has 3 aromatic rings.